The summed E-state index contributed by atoms with van der Waals surface area (Å²) in [6.45, 7) is 1.47. The van der Waals surface area contributed by atoms with Gasteiger partial charge in [-0.05, 0) is 6.42 Å². The smallest absolute Gasteiger partial charge is 0.132 e. The summed E-state index contributed by atoms with van der Waals surface area (Å²) in [5, 5.41) is 0.372. The van der Waals surface area contributed by atoms with E-state index in [2.05, 4.69) is 9.98 Å². The van der Waals surface area contributed by atoms with Crippen LogP contribution in [-0.4, -0.2) is 37.6 Å². The number of aromatic nitrogens is 1. The first-order valence-corrected chi connectivity index (χ1v) is 6.35. The molecule has 0 spiro atoms. The molecule has 102 valence electrons. The van der Waals surface area contributed by atoms with Crippen molar-refractivity contribution in [1.29, 1.82) is 0 Å². The van der Waals surface area contributed by atoms with Crippen molar-refractivity contribution in [2.45, 2.75) is 12.5 Å². The number of hydrogen-bond donors (Lipinski definition) is 1. The SMILES string of the molecule is COc1cc(Cl)ncc1/C(C=NCC1CCO1)=C/N. The third-order valence-corrected chi connectivity index (χ3v) is 3.08. The minimum atomic E-state index is 0.237. The van der Waals surface area contributed by atoms with E-state index in [0.29, 0.717) is 17.4 Å². The Hall–Kier alpha value is -1.59. The molecule has 2 rings (SSSR count). The summed E-state index contributed by atoms with van der Waals surface area (Å²) in [6, 6.07) is 1.64. The van der Waals surface area contributed by atoms with Gasteiger partial charge in [-0.1, -0.05) is 11.6 Å². The Balaban J connectivity index is 2.12. The lowest BCUT2D eigenvalue weighted by Gasteiger charge is -2.24. The number of aliphatic imine (C=N–C) groups is 1. The molecule has 0 aliphatic carbocycles. The van der Waals surface area contributed by atoms with Crippen molar-refractivity contribution < 1.29 is 9.47 Å². The van der Waals surface area contributed by atoms with Gasteiger partial charge in [-0.25, -0.2) is 4.98 Å². The molecule has 1 unspecified atom stereocenters. The van der Waals surface area contributed by atoms with E-state index in [1.54, 1.807) is 25.6 Å². The second-order valence-electron chi connectivity index (χ2n) is 4.11. The molecule has 0 radical (unpaired) electrons. The molecule has 1 atom stereocenters. The van der Waals surface area contributed by atoms with Gasteiger partial charge in [0, 0.05) is 42.4 Å². The number of pyridine rings is 1. The Kier molecular flexibility index (Phi) is 4.76. The van der Waals surface area contributed by atoms with Crippen LogP contribution in [0, 0.1) is 0 Å². The van der Waals surface area contributed by atoms with Gasteiger partial charge in [-0.2, -0.15) is 0 Å². The van der Waals surface area contributed by atoms with Gasteiger partial charge in [0.15, 0.2) is 0 Å². The molecule has 0 aromatic carbocycles. The Morgan fingerprint density at radius 2 is 2.53 bits per heavy atom. The van der Waals surface area contributed by atoms with Crippen LogP contribution in [0.4, 0.5) is 0 Å². The van der Waals surface area contributed by atoms with Crippen LogP contribution in [0.5, 0.6) is 5.75 Å². The molecule has 5 nitrogen and oxygen atoms in total. The zero-order valence-corrected chi connectivity index (χ0v) is 11.4. The summed E-state index contributed by atoms with van der Waals surface area (Å²) >= 11 is 5.82. The molecule has 2 heterocycles. The lowest BCUT2D eigenvalue weighted by atomic mass is 10.1. The predicted molar refractivity (Wildman–Crippen MR) is 75.7 cm³/mol. The van der Waals surface area contributed by atoms with Crippen LogP contribution in [0.15, 0.2) is 23.5 Å². The van der Waals surface area contributed by atoms with Gasteiger partial charge in [0.25, 0.3) is 0 Å². The third-order valence-electron chi connectivity index (χ3n) is 2.88. The summed E-state index contributed by atoms with van der Waals surface area (Å²) in [5.41, 5.74) is 7.12. The topological polar surface area (TPSA) is 69.7 Å². The van der Waals surface area contributed by atoms with Gasteiger partial charge in [-0.15, -0.1) is 0 Å². The largest absolute Gasteiger partial charge is 0.496 e. The number of allylic oxidation sites excluding steroid dienone is 1. The highest BCUT2D eigenvalue weighted by atomic mass is 35.5. The highest BCUT2D eigenvalue weighted by molar-refractivity contribution is 6.29. The summed E-state index contributed by atoms with van der Waals surface area (Å²) in [7, 11) is 1.57. The Bertz CT molecular complexity index is 499. The second kappa shape index (κ2) is 6.54. The van der Waals surface area contributed by atoms with E-state index in [4.69, 9.17) is 26.8 Å². The fourth-order valence-corrected chi connectivity index (χ4v) is 1.85. The van der Waals surface area contributed by atoms with Crippen molar-refractivity contribution in [3.63, 3.8) is 0 Å². The van der Waals surface area contributed by atoms with Gasteiger partial charge >= 0.3 is 0 Å². The summed E-state index contributed by atoms with van der Waals surface area (Å²) in [5.74, 6) is 0.614. The van der Waals surface area contributed by atoms with Crippen LogP contribution >= 0.6 is 11.6 Å². The average molecular weight is 282 g/mol. The molecule has 19 heavy (non-hydrogen) atoms. The summed E-state index contributed by atoms with van der Waals surface area (Å²) in [4.78, 5) is 8.35. The van der Waals surface area contributed by atoms with Crippen molar-refractivity contribution in [3.05, 3.63) is 29.2 Å². The van der Waals surface area contributed by atoms with Gasteiger partial charge in [0.05, 0.1) is 19.8 Å². The van der Waals surface area contributed by atoms with E-state index in [9.17, 15) is 0 Å². The third kappa shape index (κ3) is 3.45. The van der Waals surface area contributed by atoms with Crippen molar-refractivity contribution in [2.24, 2.45) is 10.7 Å². The second-order valence-corrected chi connectivity index (χ2v) is 4.49. The zero-order chi connectivity index (χ0) is 13.7. The van der Waals surface area contributed by atoms with E-state index in [-0.39, 0.29) is 6.10 Å². The van der Waals surface area contributed by atoms with Crippen LogP contribution in [0.3, 0.4) is 0 Å². The molecular weight excluding hydrogens is 266 g/mol. The van der Waals surface area contributed by atoms with Crippen LogP contribution in [0.1, 0.15) is 12.0 Å². The number of hydrogen-bond acceptors (Lipinski definition) is 5. The lowest BCUT2D eigenvalue weighted by molar-refractivity contribution is -0.0431. The van der Waals surface area contributed by atoms with Crippen LogP contribution < -0.4 is 10.5 Å². The molecule has 1 aliphatic rings. The van der Waals surface area contributed by atoms with E-state index >= 15 is 0 Å². The molecule has 1 saturated heterocycles. The first-order chi connectivity index (χ1) is 9.24. The fraction of sp³-hybridized carbons (Fsp3) is 0.385. The number of ether oxygens (including phenoxy) is 2. The number of halogens is 1. The molecule has 0 amide bonds. The first kappa shape index (κ1) is 13.8. The number of nitrogens with zero attached hydrogens (tertiary/aromatic N) is 2. The molecule has 0 bridgehead atoms. The molecule has 1 fully saturated rings. The Labute approximate surface area is 117 Å². The molecule has 2 N–H and O–H groups in total. The number of rotatable bonds is 5. The van der Waals surface area contributed by atoms with Crippen LogP contribution in [0.2, 0.25) is 5.15 Å². The molecule has 6 heteroatoms. The molecule has 0 saturated carbocycles. The highest BCUT2D eigenvalue weighted by Gasteiger charge is 2.16. The van der Waals surface area contributed by atoms with Crippen LogP contribution in [-0.2, 0) is 4.74 Å². The van der Waals surface area contributed by atoms with Crippen molar-refractivity contribution in [2.75, 3.05) is 20.3 Å². The highest BCUT2D eigenvalue weighted by Crippen LogP contribution is 2.26. The Morgan fingerprint density at radius 1 is 1.74 bits per heavy atom. The normalized spacial score (nSPS) is 19.5. The minimum absolute atomic E-state index is 0.237. The standard InChI is InChI=1S/C13H16ClN3O2/c1-18-12-4-13(14)17-8-11(12)9(5-15)6-16-7-10-2-3-19-10/h4-6,8,10H,2-3,7,15H2,1H3/b9-5+,16-6?. The van der Waals surface area contributed by atoms with Gasteiger partial charge in [0.1, 0.15) is 10.9 Å². The average Bonchev–Trinajstić information content (AvgIpc) is 2.37. The van der Waals surface area contributed by atoms with Gasteiger partial charge in [0.2, 0.25) is 0 Å². The van der Waals surface area contributed by atoms with Crippen LogP contribution in [0.25, 0.3) is 5.57 Å². The first-order valence-electron chi connectivity index (χ1n) is 5.98. The summed E-state index contributed by atoms with van der Waals surface area (Å²) in [6.07, 6.45) is 6.09. The monoisotopic (exact) mass is 281 g/mol. The predicted octanol–water partition coefficient (Wildman–Crippen LogP) is 1.90. The van der Waals surface area contributed by atoms with Gasteiger partial charge < -0.3 is 15.2 Å². The van der Waals surface area contributed by atoms with E-state index < -0.39 is 0 Å². The molecular formula is C13H16ClN3O2. The maximum atomic E-state index is 5.82. The van der Waals surface area contributed by atoms with E-state index in [1.807, 2.05) is 0 Å². The fourth-order valence-electron chi connectivity index (χ4n) is 1.70. The number of methoxy groups -OCH3 is 1. The molecule has 1 aliphatic heterocycles. The number of nitrogens with two attached hydrogens (primary N) is 1. The Morgan fingerprint density at radius 3 is 3.11 bits per heavy atom. The maximum absolute atomic E-state index is 5.82. The van der Waals surface area contributed by atoms with Crippen molar-refractivity contribution in [3.8, 4) is 5.75 Å². The van der Waals surface area contributed by atoms with E-state index in [1.165, 1.54) is 6.20 Å². The van der Waals surface area contributed by atoms with Gasteiger partial charge in [-0.3, -0.25) is 4.99 Å². The quantitative estimate of drug-likeness (QED) is 0.661. The van der Waals surface area contributed by atoms with Crippen molar-refractivity contribution >= 4 is 23.4 Å². The summed E-state index contributed by atoms with van der Waals surface area (Å²) < 4.78 is 10.6. The zero-order valence-electron chi connectivity index (χ0n) is 10.7. The molecule has 1 aromatic rings. The van der Waals surface area contributed by atoms with Crippen molar-refractivity contribution in [1.82, 2.24) is 4.98 Å². The van der Waals surface area contributed by atoms with E-state index in [0.717, 1.165) is 24.2 Å². The minimum Gasteiger partial charge on any atom is -0.496 e. The maximum Gasteiger partial charge on any atom is 0.132 e. The molecule has 1 aromatic heterocycles. The lowest BCUT2D eigenvalue weighted by Crippen LogP contribution is -2.29.